The fourth-order valence-electron chi connectivity index (χ4n) is 3.38. The van der Waals surface area contributed by atoms with E-state index in [1.54, 1.807) is 6.07 Å². The SMILES string of the molecule is CCCNC(=O)C1CN(CC(=O)Nc2c(C)cc(C)cc2Cl)c2ccccc2O1. The molecule has 0 saturated carbocycles. The number of aryl methyl sites for hydroxylation is 2. The molecule has 0 fully saturated rings. The van der Waals surface area contributed by atoms with Crippen LogP contribution in [0.15, 0.2) is 36.4 Å². The summed E-state index contributed by atoms with van der Waals surface area (Å²) in [5, 5.41) is 6.28. The summed E-state index contributed by atoms with van der Waals surface area (Å²) >= 11 is 6.31. The number of para-hydroxylation sites is 2. The van der Waals surface area contributed by atoms with Crippen molar-refractivity contribution in [2.75, 3.05) is 29.9 Å². The van der Waals surface area contributed by atoms with Crippen molar-refractivity contribution < 1.29 is 14.3 Å². The first-order valence-corrected chi connectivity index (χ1v) is 10.1. The van der Waals surface area contributed by atoms with Gasteiger partial charge in [0, 0.05) is 6.54 Å². The number of halogens is 1. The Labute approximate surface area is 176 Å². The Morgan fingerprint density at radius 3 is 2.72 bits per heavy atom. The van der Waals surface area contributed by atoms with Gasteiger partial charge in [0.15, 0.2) is 6.10 Å². The van der Waals surface area contributed by atoms with Crippen LogP contribution in [0.5, 0.6) is 5.75 Å². The molecule has 2 N–H and O–H groups in total. The monoisotopic (exact) mass is 415 g/mol. The van der Waals surface area contributed by atoms with Crippen molar-refractivity contribution >= 4 is 34.8 Å². The highest BCUT2D eigenvalue weighted by atomic mass is 35.5. The van der Waals surface area contributed by atoms with Gasteiger partial charge < -0.3 is 20.3 Å². The fraction of sp³-hybridized carbons (Fsp3) is 0.364. The minimum atomic E-state index is -0.672. The Morgan fingerprint density at radius 2 is 2.00 bits per heavy atom. The highest BCUT2D eigenvalue weighted by Crippen LogP contribution is 2.33. The number of ether oxygens (including phenoxy) is 1. The number of rotatable bonds is 6. The van der Waals surface area contributed by atoms with E-state index in [2.05, 4.69) is 10.6 Å². The highest BCUT2D eigenvalue weighted by molar-refractivity contribution is 6.34. The zero-order valence-electron chi connectivity index (χ0n) is 16.9. The fourth-order valence-corrected chi connectivity index (χ4v) is 3.75. The van der Waals surface area contributed by atoms with Crippen molar-refractivity contribution in [2.24, 2.45) is 0 Å². The largest absolute Gasteiger partial charge is 0.477 e. The second-order valence-corrected chi connectivity index (χ2v) is 7.64. The van der Waals surface area contributed by atoms with Gasteiger partial charge in [-0.3, -0.25) is 9.59 Å². The van der Waals surface area contributed by atoms with Crippen molar-refractivity contribution in [1.29, 1.82) is 0 Å². The van der Waals surface area contributed by atoms with E-state index in [4.69, 9.17) is 16.3 Å². The van der Waals surface area contributed by atoms with Gasteiger partial charge in [-0.2, -0.15) is 0 Å². The summed E-state index contributed by atoms with van der Waals surface area (Å²) < 4.78 is 5.87. The third-order valence-electron chi connectivity index (χ3n) is 4.73. The van der Waals surface area contributed by atoms with Crippen LogP contribution in [-0.4, -0.2) is 37.6 Å². The molecule has 29 heavy (non-hydrogen) atoms. The molecule has 2 aromatic rings. The lowest BCUT2D eigenvalue weighted by atomic mass is 10.1. The molecule has 0 radical (unpaired) electrons. The van der Waals surface area contributed by atoms with Gasteiger partial charge in [-0.15, -0.1) is 0 Å². The number of hydrogen-bond donors (Lipinski definition) is 2. The maximum atomic E-state index is 12.8. The number of nitrogens with zero attached hydrogens (tertiary/aromatic N) is 1. The molecule has 0 bridgehead atoms. The molecule has 1 unspecified atom stereocenters. The van der Waals surface area contributed by atoms with Crippen LogP contribution >= 0.6 is 11.6 Å². The van der Waals surface area contributed by atoms with Gasteiger partial charge in [0.25, 0.3) is 5.91 Å². The zero-order chi connectivity index (χ0) is 21.0. The summed E-state index contributed by atoms with van der Waals surface area (Å²) in [7, 11) is 0. The molecule has 0 aromatic heterocycles. The minimum absolute atomic E-state index is 0.0849. The van der Waals surface area contributed by atoms with Gasteiger partial charge in [-0.05, 0) is 49.6 Å². The van der Waals surface area contributed by atoms with Crippen molar-refractivity contribution in [2.45, 2.75) is 33.3 Å². The van der Waals surface area contributed by atoms with E-state index in [0.29, 0.717) is 29.5 Å². The Hall–Kier alpha value is -2.73. The molecule has 0 aliphatic carbocycles. The summed E-state index contributed by atoms with van der Waals surface area (Å²) in [6.07, 6.45) is 0.173. The lowest BCUT2D eigenvalue weighted by molar-refractivity contribution is -0.128. The smallest absolute Gasteiger partial charge is 0.262 e. The number of benzene rings is 2. The second kappa shape index (κ2) is 9.18. The zero-order valence-corrected chi connectivity index (χ0v) is 17.7. The van der Waals surface area contributed by atoms with Crippen LogP contribution in [0.4, 0.5) is 11.4 Å². The number of nitrogens with one attached hydrogen (secondary N) is 2. The van der Waals surface area contributed by atoms with E-state index in [1.165, 1.54) is 0 Å². The van der Waals surface area contributed by atoms with Crippen molar-refractivity contribution in [3.8, 4) is 5.75 Å². The standard InChI is InChI=1S/C22H26ClN3O3/c1-4-9-24-22(28)19-12-26(17-7-5-6-8-18(17)29-19)13-20(27)25-21-15(3)10-14(2)11-16(21)23/h5-8,10-11,19H,4,9,12-13H2,1-3H3,(H,24,28)(H,25,27). The van der Waals surface area contributed by atoms with Gasteiger partial charge in [0.2, 0.25) is 5.91 Å². The Balaban J connectivity index is 1.76. The summed E-state index contributed by atoms with van der Waals surface area (Å²) in [5.41, 5.74) is 3.34. The van der Waals surface area contributed by atoms with Gasteiger partial charge >= 0.3 is 0 Å². The Kier molecular flexibility index (Phi) is 6.64. The van der Waals surface area contributed by atoms with Crippen LogP contribution in [0.25, 0.3) is 0 Å². The Bertz CT molecular complexity index is 893. The third-order valence-corrected chi connectivity index (χ3v) is 5.03. The van der Waals surface area contributed by atoms with E-state index in [1.807, 2.05) is 56.0 Å². The van der Waals surface area contributed by atoms with Crippen molar-refractivity contribution in [3.05, 3.63) is 52.5 Å². The van der Waals surface area contributed by atoms with Gasteiger partial charge in [0.1, 0.15) is 5.75 Å². The molecular weight excluding hydrogens is 390 g/mol. The predicted octanol–water partition coefficient (Wildman–Crippen LogP) is 3.69. The highest BCUT2D eigenvalue weighted by Gasteiger charge is 2.31. The second-order valence-electron chi connectivity index (χ2n) is 7.23. The first-order valence-electron chi connectivity index (χ1n) is 9.74. The van der Waals surface area contributed by atoms with E-state index in [-0.39, 0.29) is 18.4 Å². The molecule has 154 valence electrons. The topological polar surface area (TPSA) is 70.7 Å². The van der Waals surface area contributed by atoms with Crippen LogP contribution in [0.1, 0.15) is 24.5 Å². The molecule has 2 amide bonds. The van der Waals surface area contributed by atoms with E-state index < -0.39 is 6.10 Å². The predicted molar refractivity (Wildman–Crippen MR) is 116 cm³/mol. The first-order chi connectivity index (χ1) is 13.9. The lowest BCUT2D eigenvalue weighted by Gasteiger charge is -2.35. The van der Waals surface area contributed by atoms with Crippen LogP contribution in [0.2, 0.25) is 5.02 Å². The first kappa shape index (κ1) is 21.0. The molecule has 3 rings (SSSR count). The number of anilines is 2. The molecule has 1 aliphatic rings. The lowest BCUT2D eigenvalue weighted by Crippen LogP contribution is -2.50. The van der Waals surface area contributed by atoms with E-state index in [0.717, 1.165) is 23.2 Å². The molecule has 1 atom stereocenters. The quantitative estimate of drug-likeness (QED) is 0.754. The molecule has 0 saturated heterocycles. The number of carbonyl (C=O) groups excluding carboxylic acids is 2. The summed E-state index contributed by atoms with van der Waals surface area (Å²) in [6.45, 7) is 6.83. The molecule has 2 aromatic carbocycles. The molecule has 1 aliphatic heterocycles. The normalized spacial score (nSPS) is 15.3. The van der Waals surface area contributed by atoms with Crippen LogP contribution in [-0.2, 0) is 9.59 Å². The average molecular weight is 416 g/mol. The van der Waals surface area contributed by atoms with Crippen LogP contribution < -0.4 is 20.3 Å². The Morgan fingerprint density at radius 1 is 1.24 bits per heavy atom. The molecular formula is C22H26ClN3O3. The van der Waals surface area contributed by atoms with Gasteiger partial charge in [-0.25, -0.2) is 0 Å². The van der Waals surface area contributed by atoms with Crippen LogP contribution in [0.3, 0.4) is 0 Å². The summed E-state index contributed by atoms with van der Waals surface area (Å²) in [6, 6.07) is 11.2. The van der Waals surface area contributed by atoms with Crippen LogP contribution in [0, 0.1) is 13.8 Å². The minimum Gasteiger partial charge on any atom is -0.477 e. The number of hydrogen-bond acceptors (Lipinski definition) is 4. The molecule has 1 heterocycles. The summed E-state index contributed by atoms with van der Waals surface area (Å²) in [5.74, 6) is 0.209. The van der Waals surface area contributed by atoms with Gasteiger partial charge in [-0.1, -0.05) is 36.7 Å². The van der Waals surface area contributed by atoms with E-state index >= 15 is 0 Å². The molecule has 0 spiro atoms. The number of amides is 2. The maximum absolute atomic E-state index is 12.8. The number of carbonyl (C=O) groups is 2. The molecule has 7 heteroatoms. The maximum Gasteiger partial charge on any atom is 0.262 e. The third kappa shape index (κ3) is 5.01. The summed E-state index contributed by atoms with van der Waals surface area (Å²) in [4.78, 5) is 27.1. The van der Waals surface area contributed by atoms with Gasteiger partial charge in [0.05, 0.1) is 29.5 Å². The van der Waals surface area contributed by atoms with Crippen molar-refractivity contribution in [1.82, 2.24) is 5.32 Å². The van der Waals surface area contributed by atoms with E-state index in [9.17, 15) is 9.59 Å². The average Bonchev–Trinajstić information content (AvgIpc) is 2.68. The number of fused-ring (bicyclic) bond motifs is 1. The van der Waals surface area contributed by atoms with Crippen molar-refractivity contribution in [3.63, 3.8) is 0 Å². The molecule has 6 nitrogen and oxygen atoms in total.